The summed E-state index contributed by atoms with van der Waals surface area (Å²) in [6.07, 6.45) is 0.0320. The van der Waals surface area contributed by atoms with Crippen LogP contribution in [0.3, 0.4) is 0 Å². The summed E-state index contributed by atoms with van der Waals surface area (Å²) in [4.78, 5) is 31.0. The van der Waals surface area contributed by atoms with Crippen molar-refractivity contribution in [2.24, 2.45) is 0 Å². The summed E-state index contributed by atoms with van der Waals surface area (Å²) in [5, 5.41) is 11.7. The molecule has 5 nitrogen and oxygen atoms in total. The normalized spacial score (nSPS) is 11.3. The summed E-state index contributed by atoms with van der Waals surface area (Å²) in [6, 6.07) is 8.24. The Kier molecular flexibility index (Phi) is 5.24. The number of benzene rings is 1. The molecular formula is C18H18N2O3S2. The van der Waals surface area contributed by atoms with Crippen molar-refractivity contribution in [3.8, 4) is 11.1 Å². The molecule has 2 heterocycles. The first-order chi connectivity index (χ1) is 12.0. The number of aromatic amines is 1. The Labute approximate surface area is 153 Å². The summed E-state index contributed by atoms with van der Waals surface area (Å²) in [7, 11) is 0. The number of fused-ring (bicyclic) bond motifs is 1. The number of aromatic nitrogens is 2. The van der Waals surface area contributed by atoms with Gasteiger partial charge in [0.2, 0.25) is 0 Å². The topological polar surface area (TPSA) is 83.0 Å². The van der Waals surface area contributed by atoms with Crippen LogP contribution in [0.5, 0.6) is 0 Å². The first-order valence-corrected chi connectivity index (χ1v) is 9.78. The number of H-pyrrole nitrogens is 1. The zero-order valence-electron chi connectivity index (χ0n) is 13.9. The minimum Gasteiger partial charge on any atom is -0.481 e. The lowest BCUT2D eigenvalue weighted by Crippen LogP contribution is -2.09. The maximum Gasteiger partial charge on any atom is 0.304 e. The molecule has 3 rings (SSSR count). The molecule has 0 aliphatic heterocycles. The van der Waals surface area contributed by atoms with Gasteiger partial charge in [0, 0.05) is 16.7 Å². The zero-order valence-corrected chi connectivity index (χ0v) is 15.5. The van der Waals surface area contributed by atoms with Crippen molar-refractivity contribution in [2.45, 2.75) is 31.3 Å². The van der Waals surface area contributed by atoms with Crippen LogP contribution in [0.1, 0.15) is 31.7 Å². The first kappa shape index (κ1) is 17.7. The van der Waals surface area contributed by atoms with Crippen LogP contribution in [-0.4, -0.2) is 26.8 Å². The van der Waals surface area contributed by atoms with Gasteiger partial charge in [0.1, 0.15) is 4.83 Å². The standard InChI is InChI=1S/C18H18N2O3S2/c1-10(2)11-3-5-12(6-4-11)13-9-25-17-15(13)16(23)19-18(20-17)24-8-7-14(21)22/h3-6,9-10H,7-8H2,1-2H3,(H,21,22)(H,19,20,23). The summed E-state index contributed by atoms with van der Waals surface area (Å²) >= 11 is 2.67. The first-order valence-electron chi connectivity index (χ1n) is 7.92. The van der Waals surface area contributed by atoms with Crippen LogP contribution in [0.25, 0.3) is 21.3 Å². The van der Waals surface area contributed by atoms with E-state index in [1.54, 1.807) is 0 Å². The molecule has 1 aromatic carbocycles. The van der Waals surface area contributed by atoms with Crippen LogP contribution in [0.2, 0.25) is 0 Å². The summed E-state index contributed by atoms with van der Waals surface area (Å²) in [5.74, 6) is -0.0264. The molecule has 0 unspecified atom stereocenters. The van der Waals surface area contributed by atoms with E-state index in [0.717, 1.165) is 11.1 Å². The molecule has 0 saturated heterocycles. The van der Waals surface area contributed by atoms with Crippen LogP contribution in [0.4, 0.5) is 0 Å². The average Bonchev–Trinajstić information content (AvgIpc) is 2.99. The molecule has 0 radical (unpaired) electrons. The van der Waals surface area contributed by atoms with Gasteiger partial charge in [-0.25, -0.2) is 4.98 Å². The van der Waals surface area contributed by atoms with Gasteiger partial charge < -0.3 is 10.1 Å². The van der Waals surface area contributed by atoms with Gasteiger partial charge in [0.05, 0.1) is 11.8 Å². The van der Waals surface area contributed by atoms with Gasteiger partial charge in [0.25, 0.3) is 5.56 Å². The Morgan fingerprint density at radius 1 is 1.32 bits per heavy atom. The molecule has 2 N–H and O–H groups in total. The third kappa shape index (κ3) is 3.93. The van der Waals surface area contributed by atoms with E-state index in [4.69, 9.17) is 5.11 Å². The fraction of sp³-hybridized carbons (Fsp3) is 0.278. The van der Waals surface area contributed by atoms with Crippen LogP contribution in [0, 0.1) is 0 Å². The van der Waals surface area contributed by atoms with Gasteiger partial charge in [-0.2, -0.15) is 0 Å². The predicted octanol–water partition coefficient (Wildman–Crippen LogP) is 4.34. The molecule has 0 spiro atoms. The van der Waals surface area contributed by atoms with Crippen LogP contribution in [-0.2, 0) is 4.79 Å². The number of rotatable bonds is 6. The fourth-order valence-electron chi connectivity index (χ4n) is 2.49. The summed E-state index contributed by atoms with van der Waals surface area (Å²) in [6.45, 7) is 4.29. The van der Waals surface area contributed by atoms with Crippen molar-refractivity contribution in [3.63, 3.8) is 0 Å². The summed E-state index contributed by atoms with van der Waals surface area (Å²) in [5.41, 5.74) is 2.94. The second-order valence-electron chi connectivity index (χ2n) is 5.97. The number of nitrogens with one attached hydrogen (secondary N) is 1. The second-order valence-corrected chi connectivity index (χ2v) is 7.91. The highest BCUT2D eigenvalue weighted by Crippen LogP contribution is 2.32. The second kappa shape index (κ2) is 7.41. The maximum absolute atomic E-state index is 12.5. The van der Waals surface area contributed by atoms with Gasteiger partial charge >= 0.3 is 5.97 Å². The molecule has 2 aromatic heterocycles. The number of carboxylic acids is 1. The molecule has 7 heteroatoms. The number of carboxylic acid groups (broad SMARTS) is 1. The quantitative estimate of drug-likeness (QED) is 0.495. The van der Waals surface area contributed by atoms with E-state index < -0.39 is 5.97 Å². The Morgan fingerprint density at radius 3 is 2.68 bits per heavy atom. The van der Waals surface area contributed by atoms with Gasteiger partial charge in [-0.15, -0.1) is 11.3 Å². The van der Waals surface area contributed by atoms with Crippen molar-refractivity contribution in [2.75, 3.05) is 5.75 Å². The van der Waals surface area contributed by atoms with Crippen molar-refractivity contribution in [1.82, 2.24) is 9.97 Å². The predicted molar refractivity (Wildman–Crippen MR) is 103 cm³/mol. The van der Waals surface area contributed by atoms with Gasteiger partial charge in [-0.05, 0) is 17.0 Å². The highest BCUT2D eigenvalue weighted by atomic mass is 32.2. The smallest absolute Gasteiger partial charge is 0.304 e. The molecule has 0 aliphatic carbocycles. The van der Waals surface area contributed by atoms with Crippen LogP contribution < -0.4 is 5.56 Å². The number of thioether (sulfide) groups is 1. The zero-order chi connectivity index (χ0) is 18.0. The van der Waals surface area contributed by atoms with E-state index in [1.807, 2.05) is 17.5 Å². The van der Waals surface area contributed by atoms with Crippen molar-refractivity contribution in [1.29, 1.82) is 0 Å². The molecule has 0 bridgehead atoms. The number of aliphatic carboxylic acids is 1. The molecule has 0 aliphatic rings. The molecular weight excluding hydrogens is 356 g/mol. The maximum atomic E-state index is 12.5. The lowest BCUT2D eigenvalue weighted by atomic mass is 9.99. The minimum atomic E-state index is -0.862. The molecule has 0 atom stereocenters. The number of hydrogen-bond acceptors (Lipinski definition) is 5. The number of thiophene rings is 1. The fourth-order valence-corrected chi connectivity index (χ4v) is 4.29. The van der Waals surface area contributed by atoms with Crippen molar-refractivity contribution < 1.29 is 9.90 Å². The Balaban J connectivity index is 1.93. The van der Waals surface area contributed by atoms with Crippen LogP contribution >= 0.6 is 23.1 Å². The lowest BCUT2D eigenvalue weighted by Gasteiger charge is -2.06. The Morgan fingerprint density at radius 2 is 2.04 bits per heavy atom. The van der Waals surface area contributed by atoms with E-state index >= 15 is 0 Å². The lowest BCUT2D eigenvalue weighted by molar-refractivity contribution is -0.136. The Bertz CT molecular complexity index is 959. The molecule has 130 valence electrons. The Hall–Kier alpha value is -2.12. The molecule has 3 aromatic rings. The van der Waals surface area contributed by atoms with E-state index in [2.05, 4.69) is 35.9 Å². The largest absolute Gasteiger partial charge is 0.481 e. The highest BCUT2D eigenvalue weighted by molar-refractivity contribution is 7.99. The summed E-state index contributed by atoms with van der Waals surface area (Å²) < 4.78 is 0. The van der Waals surface area contributed by atoms with Gasteiger partial charge in [0.15, 0.2) is 5.16 Å². The van der Waals surface area contributed by atoms with E-state index in [9.17, 15) is 9.59 Å². The molecule has 25 heavy (non-hydrogen) atoms. The van der Waals surface area contributed by atoms with Gasteiger partial charge in [-0.3, -0.25) is 9.59 Å². The third-order valence-corrected chi connectivity index (χ3v) is 5.61. The SMILES string of the molecule is CC(C)c1ccc(-c2csc3nc(SCCC(=O)O)[nH]c(=O)c23)cc1. The number of hydrogen-bond donors (Lipinski definition) is 2. The highest BCUT2D eigenvalue weighted by Gasteiger charge is 2.13. The third-order valence-electron chi connectivity index (χ3n) is 3.87. The van der Waals surface area contributed by atoms with Crippen molar-refractivity contribution in [3.05, 3.63) is 45.6 Å². The van der Waals surface area contributed by atoms with Crippen molar-refractivity contribution >= 4 is 39.3 Å². The number of nitrogens with zero attached hydrogens (tertiary/aromatic N) is 1. The van der Waals surface area contributed by atoms with Crippen LogP contribution in [0.15, 0.2) is 39.6 Å². The van der Waals surface area contributed by atoms with E-state index in [0.29, 0.717) is 27.0 Å². The van der Waals surface area contributed by atoms with E-state index in [1.165, 1.54) is 28.7 Å². The molecule has 0 saturated carbocycles. The minimum absolute atomic E-state index is 0.0320. The average molecular weight is 374 g/mol. The van der Waals surface area contributed by atoms with Gasteiger partial charge in [-0.1, -0.05) is 49.9 Å². The monoisotopic (exact) mass is 374 g/mol. The molecule has 0 amide bonds. The number of carbonyl (C=O) groups is 1. The van der Waals surface area contributed by atoms with E-state index in [-0.39, 0.29) is 12.0 Å². The molecule has 0 fully saturated rings.